The van der Waals surface area contributed by atoms with Crippen LogP contribution in [0.3, 0.4) is 0 Å². The van der Waals surface area contributed by atoms with Crippen molar-refractivity contribution >= 4 is 11.9 Å². The molecule has 1 atom stereocenters. The highest BCUT2D eigenvalue weighted by Crippen LogP contribution is 2.12. The van der Waals surface area contributed by atoms with Gasteiger partial charge in [-0.1, -0.05) is 0 Å². The van der Waals surface area contributed by atoms with Crippen LogP contribution in [0.2, 0.25) is 0 Å². The van der Waals surface area contributed by atoms with Crippen LogP contribution in [-0.2, 0) is 14.3 Å². The molecule has 96 valence electrons. The molecule has 0 aromatic carbocycles. The number of amides is 1. The van der Waals surface area contributed by atoms with Crippen molar-refractivity contribution in [1.82, 2.24) is 5.32 Å². The molecule has 1 unspecified atom stereocenters. The van der Waals surface area contributed by atoms with Gasteiger partial charge in [-0.15, -0.1) is 0 Å². The minimum atomic E-state index is -0.644. The molecular formula is C12H19NO4. The van der Waals surface area contributed by atoms with Gasteiger partial charge in [0.05, 0.1) is 12.6 Å². The smallest absolute Gasteiger partial charge is 0.408 e. The van der Waals surface area contributed by atoms with Gasteiger partial charge in [-0.25, -0.2) is 4.79 Å². The third-order valence-electron chi connectivity index (χ3n) is 2.07. The van der Waals surface area contributed by atoms with Crippen molar-refractivity contribution in [2.75, 3.05) is 6.61 Å². The molecule has 5 heteroatoms. The number of nitrogens with one attached hydrogen (secondary N) is 1. The average molecular weight is 241 g/mol. The van der Waals surface area contributed by atoms with Crippen LogP contribution in [0.5, 0.6) is 0 Å². The van der Waals surface area contributed by atoms with Gasteiger partial charge in [0.2, 0.25) is 5.78 Å². The van der Waals surface area contributed by atoms with E-state index in [4.69, 9.17) is 9.47 Å². The lowest BCUT2D eigenvalue weighted by atomic mass is 10.2. The highest BCUT2D eigenvalue weighted by molar-refractivity contribution is 5.99. The van der Waals surface area contributed by atoms with Crippen LogP contribution in [0.4, 0.5) is 4.79 Å². The number of hydrogen-bond acceptors (Lipinski definition) is 4. The molecule has 0 aromatic heterocycles. The van der Waals surface area contributed by atoms with E-state index in [9.17, 15) is 9.59 Å². The first kappa shape index (κ1) is 13.5. The van der Waals surface area contributed by atoms with Crippen LogP contribution in [0.1, 0.15) is 34.1 Å². The first-order chi connectivity index (χ1) is 7.79. The summed E-state index contributed by atoms with van der Waals surface area (Å²) in [6.45, 7) is 7.43. The fourth-order valence-electron chi connectivity index (χ4n) is 1.35. The Morgan fingerprint density at radius 2 is 2.12 bits per heavy atom. The van der Waals surface area contributed by atoms with Crippen molar-refractivity contribution in [2.24, 2.45) is 0 Å². The second kappa shape index (κ2) is 5.21. The van der Waals surface area contributed by atoms with E-state index in [2.05, 4.69) is 5.32 Å². The molecule has 0 spiro atoms. The number of Topliss-reactive ketones (excluding diaryl/α,β-unsaturated/α-hetero) is 1. The number of alkyl carbamates (subject to hydrolysis) is 1. The van der Waals surface area contributed by atoms with E-state index in [-0.39, 0.29) is 5.78 Å². The van der Waals surface area contributed by atoms with E-state index in [1.165, 1.54) is 0 Å². The first-order valence-electron chi connectivity index (χ1n) is 5.66. The third-order valence-corrected chi connectivity index (χ3v) is 2.07. The maximum Gasteiger partial charge on any atom is 0.408 e. The molecule has 5 nitrogen and oxygen atoms in total. The Bertz CT molecular complexity index is 341. The predicted octanol–water partition coefficient (Wildman–Crippen LogP) is 1.77. The monoisotopic (exact) mass is 241 g/mol. The van der Waals surface area contributed by atoms with E-state index in [1.54, 1.807) is 33.8 Å². The molecular weight excluding hydrogens is 222 g/mol. The predicted molar refractivity (Wildman–Crippen MR) is 62.5 cm³/mol. The van der Waals surface area contributed by atoms with Gasteiger partial charge in [0.15, 0.2) is 5.76 Å². The molecule has 0 fully saturated rings. The Labute approximate surface area is 101 Å². The summed E-state index contributed by atoms with van der Waals surface area (Å²) in [6, 6.07) is -0.644. The van der Waals surface area contributed by atoms with Crippen LogP contribution in [0.25, 0.3) is 0 Å². The van der Waals surface area contributed by atoms with Crippen molar-refractivity contribution in [3.8, 4) is 0 Å². The molecule has 1 aliphatic heterocycles. The number of carbonyl (C=O) groups excluding carboxylic acids is 2. The maximum absolute atomic E-state index is 11.8. The fraction of sp³-hybridized carbons (Fsp3) is 0.667. The summed E-state index contributed by atoms with van der Waals surface area (Å²) in [6.07, 6.45) is 1.87. The first-order valence-corrected chi connectivity index (χ1v) is 5.66. The molecule has 0 radical (unpaired) electrons. The molecule has 0 bridgehead atoms. The zero-order valence-corrected chi connectivity index (χ0v) is 10.7. The van der Waals surface area contributed by atoms with Gasteiger partial charge in [0.1, 0.15) is 5.60 Å². The van der Waals surface area contributed by atoms with E-state index in [0.717, 1.165) is 6.42 Å². The van der Waals surface area contributed by atoms with Crippen LogP contribution in [0.15, 0.2) is 11.8 Å². The number of ketones is 1. The molecule has 17 heavy (non-hydrogen) atoms. The van der Waals surface area contributed by atoms with Crippen LogP contribution in [-0.4, -0.2) is 30.1 Å². The highest BCUT2D eigenvalue weighted by atomic mass is 16.6. The van der Waals surface area contributed by atoms with Gasteiger partial charge in [-0.2, -0.15) is 0 Å². The molecule has 1 rings (SSSR count). The maximum atomic E-state index is 11.8. The molecule has 0 aromatic rings. The minimum Gasteiger partial charge on any atom is -0.490 e. The summed E-state index contributed by atoms with van der Waals surface area (Å²) < 4.78 is 10.2. The summed E-state index contributed by atoms with van der Waals surface area (Å²) >= 11 is 0. The van der Waals surface area contributed by atoms with E-state index in [0.29, 0.717) is 12.4 Å². The van der Waals surface area contributed by atoms with E-state index in [1.807, 2.05) is 0 Å². The SMILES string of the molecule is CC(NC(=O)OC(C)(C)C)C(=O)C1=CCCO1. The van der Waals surface area contributed by atoms with Crippen molar-refractivity contribution < 1.29 is 19.1 Å². The second-order valence-corrected chi connectivity index (χ2v) is 4.94. The van der Waals surface area contributed by atoms with Crippen molar-refractivity contribution in [1.29, 1.82) is 0 Å². The van der Waals surface area contributed by atoms with Gasteiger partial charge in [-0.05, 0) is 33.8 Å². The highest BCUT2D eigenvalue weighted by Gasteiger charge is 2.25. The molecule has 1 N–H and O–H groups in total. The van der Waals surface area contributed by atoms with Crippen LogP contribution < -0.4 is 5.32 Å². The molecule has 1 amide bonds. The third kappa shape index (κ3) is 4.46. The van der Waals surface area contributed by atoms with Gasteiger partial charge in [0.25, 0.3) is 0 Å². The summed E-state index contributed by atoms with van der Waals surface area (Å²) in [7, 11) is 0. The van der Waals surface area contributed by atoms with Gasteiger partial charge in [0, 0.05) is 6.42 Å². The zero-order chi connectivity index (χ0) is 13.1. The lowest BCUT2D eigenvalue weighted by Gasteiger charge is -2.21. The summed E-state index contributed by atoms with van der Waals surface area (Å²) in [5.41, 5.74) is -0.573. The van der Waals surface area contributed by atoms with Gasteiger partial charge < -0.3 is 14.8 Å². The largest absolute Gasteiger partial charge is 0.490 e. The van der Waals surface area contributed by atoms with Gasteiger partial charge >= 0.3 is 6.09 Å². The van der Waals surface area contributed by atoms with Crippen LogP contribution >= 0.6 is 0 Å². The van der Waals surface area contributed by atoms with E-state index >= 15 is 0 Å². The molecule has 0 aliphatic carbocycles. The Morgan fingerprint density at radius 1 is 1.47 bits per heavy atom. The topological polar surface area (TPSA) is 64.6 Å². The lowest BCUT2D eigenvalue weighted by Crippen LogP contribution is -2.42. The van der Waals surface area contributed by atoms with Gasteiger partial charge in [-0.3, -0.25) is 4.79 Å². The quantitative estimate of drug-likeness (QED) is 0.818. The molecule has 1 aliphatic rings. The fourth-order valence-corrected chi connectivity index (χ4v) is 1.35. The lowest BCUT2D eigenvalue weighted by molar-refractivity contribution is -0.120. The van der Waals surface area contributed by atoms with E-state index < -0.39 is 17.7 Å². The van der Waals surface area contributed by atoms with Crippen molar-refractivity contribution in [3.63, 3.8) is 0 Å². The standard InChI is InChI=1S/C12H19NO4/c1-8(10(14)9-6-5-7-16-9)13-11(15)17-12(2,3)4/h6,8H,5,7H2,1-4H3,(H,13,15). The molecule has 1 heterocycles. The average Bonchev–Trinajstić information content (AvgIpc) is 2.65. The minimum absolute atomic E-state index is 0.228. The Hall–Kier alpha value is -1.52. The van der Waals surface area contributed by atoms with Crippen LogP contribution in [0, 0.1) is 0 Å². The normalized spacial score (nSPS) is 16.8. The summed E-state index contributed by atoms with van der Waals surface area (Å²) in [5, 5.41) is 2.48. The number of carbonyl (C=O) groups is 2. The summed E-state index contributed by atoms with van der Waals surface area (Å²) in [5.74, 6) is 0.0990. The molecule has 0 saturated heterocycles. The number of ether oxygens (including phenoxy) is 2. The molecule has 0 saturated carbocycles. The summed E-state index contributed by atoms with van der Waals surface area (Å²) in [4.78, 5) is 23.2. The van der Waals surface area contributed by atoms with Crippen molar-refractivity contribution in [2.45, 2.75) is 45.8 Å². The van der Waals surface area contributed by atoms with Crippen molar-refractivity contribution in [3.05, 3.63) is 11.8 Å². The number of hydrogen-bond donors (Lipinski definition) is 1. The Kier molecular flexibility index (Phi) is 4.15. The Balaban J connectivity index is 2.46. The zero-order valence-electron chi connectivity index (χ0n) is 10.7. The Morgan fingerprint density at radius 3 is 2.59 bits per heavy atom. The second-order valence-electron chi connectivity index (χ2n) is 4.94. The number of rotatable bonds is 3.